The van der Waals surface area contributed by atoms with Crippen molar-refractivity contribution in [3.8, 4) is 0 Å². The van der Waals surface area contributed by atoms with Crippen molar-refractivity contribution in [2.75, 3.05) is 14.2 Å². The van der Waals surface area contributed by atoms with Gasteiger partial charge >= 0.3 is 0 Å². The number of nitrogens with zero attached hydrogens (tertiary/aromatic N) is 2. The van der Waals surface area contributed by atoms with Crippen LogP contribution in [0.1, 0.15) is 197 Å². The highest BCUT2D eigenvalue weighted by atomic mass is 16.5. The van der Waals surface area contributed by atoms with Crippen LogP contribution in [-0.2, 0) is 9.47 Å². The van der Waals surface area contributed by atoms with E-state index in [0.717, 1.165) is 83.6 Å². The summed E-state index contributed by atoms with van der Waals surface area (Å²) in [5, 5.41) is 0. The Morgan fingerprint density at radius 2 is 0.667 bits per heavy atom. The van der Waals surface area contributed by atoms with Crippen LogP contribution in [0.3, 0.4) is 0 Å². The highest BCUT2D eigenvalue weighted by molar-refractivity contribution is 5.12. The molecule has 0 N–H and O–H groups in total. The first-order chi connectivity index (χ1) is 25.8. The van der Waals surface area contributed by atoms with Crippen LogP contribution >= 0.6 is 0 Å². The van der Waals surface area contributed by atoms with Gasteiger partial charge < -0.3 is 9.47 Å². The van der Waals surface area contributed by atoms with Gasteiger partial charge in [-0.25, -0.2) is 0 Å². The van der Waals surface area contributed by atoms with E-state index in [9.17, 15) is 0 Å². The Labute approximate surface area is 335 Å². The van der Waals surface area contributed by atoms with E-state index >= 15 is 0 Å². The molecule has 7 rings (SSSR count). The maximum absolute atomic E-state index is 6.04. The van der Waals surface area contributed by atoms with Gasteiger partial charge in [0.2, 0.25) is 0 Å². The second-order valence-electron chi connectivity index (χ2n) is 23.4. The summed E-state index contributed by atoms with van der Waals surface area (Å²) < 4.78 is 12.1. The summed E-state index contributed by atoms with van der Waals surface area (Å²) in [6, 6.07) is 4.67. The molecule has 7 aliphatic carbocycles. The Morgan fingerprint density at radius 3 is 0.944 bits per heavy atom. The van der Waals surface area contributed by atoms with Crippen LogP contribution in [0.5, 0.6) is 0 Å². The minimum absolute atomic E-state index is 0.394. The van der Waals surface area contributed by atoms with E-state index in [4.69, 9.17) is 9.47 Å². The van der Waals surface area contributed by atoms with Crippen molar-refractivity contribution in [2.24, 2.45) is 58.2 Å². The van der Waals surface area contributed by atoms with Crippen molar-refractivity contribution in [1.82, 2.24) is 9.80 Å². The highest BCUT2D eigenvalue weighted by Crippen LogP contribution is 2.60. The Hall–Kier alpha value is -0.160. The van der Waals surface area contributed by atoms with Crippen LogP contribution in [0, 0.1) is 58.2 Å². The first-order valence-electron chi connectivity index (χ1n) is 24.4. The Bertz CT molecular complexity index is 1050. The van der Waals surface area contributed by atoms with Gasteiger partial charge in [-0.15, -0.1) is 0 Å². The molecule has 4 nitrogen and oxygen atoms in total. The SMILES string of the molecule is COC1CCC(N(C2CCC(C)CC2)C2C3CCC(C(C)(C)C)CC3C(N(C3CCC(C)CC3)C3CCC(OC)CC3)C3CCC(C(C)(C)C)CC32)CC1. The first kappa shape index (κ1) is 42.0. The lowest BCUT2D eigenvalue weighted by Crippen LogP contribution is -2.70. The van der Waals surface area contributed by atoms with Gasteiger partial charge in [0.1, 0.15) is 0 Å². The second-order valence-corrected chi connectivity index (χ2v) is 23.4. The van der Waals surface area contributed by atoms with Gasteiger partial charge in [0.05, 0.1) is 12.2 Å². The summed E-state index contributed by atoms with van der Waals surface area (Å²) in [6.45, 7) is 20.7. The van der Waals surface area contributed by atoms with Gasteiger partial charge in [0.25, 0.3) is 0 Å². The van der Waals surface area contributed by atoms with Gasteiger partial charge in [0, 0.05) is 50.5 Å². The van der Waals surface area contributed by atoms with Crippen molar-refractivity contribution in [1.29, 1.82) is 0 Å². The van der Waals surface area contributed by atoms with E-state index < -0.39 is 0 Å². The molecule has 0 spiro atoms. The molecule has 8 atom stereocenters. The molecule has 0 bridgehead atoms. The minimum Gasteiger partial charge on any atom is -0.381 e. The monoisotopic (exact) mass is 751 g/mol. The average Bonchev–Trinajstić information content (AvgIpc) is 3.16. The molecule has 7 aliphatic rings. The molecule has 0 aromatic heterocycles. The number of rotatable bonds is 8. The van der Waals surface area contributed by atoms with Crippen molar-refractivity contribution in [2.45, 2.75) is 245 Å². The van der Waals surface area contributed by atoms with E-state index in [1.165, 1.54) is 141 Å². The quantitative estimate of drug-likeness (QED) is 0.247. The molecule has 0 radical (unpaired) electrons. The Balaban J connectivity index is 1.34. The summed E-state index contributed by atoms with van der Waals surface area (Å²) >= 11 is 0. The largest absolute Gasteiger partial charge is 0.381 e. The molecular weight excluding hydrogens is 661 g/mol. The van der Waals surface area contributed by atoms with Crippen LogP contribution in [0.2, 0.25) is 0 Å². The molecule has 0 saturated heterocycles. The second kappa shape index (κ2) is 17.6. The van der Waals surface area contributed by atoms with Crippen molar-refractivity contribution in [3.63, 3.8) is 0 Å². The molecule has 7 fully saturated rings. The summed E-state index contributed by atoms with van der Waals surface area (Å²) in [6.07, 6.45) is 31.9. The molecule has 4 heteroatoms. The normalized spacial score (nSPS) is 45.6. The fourth-order valence-corrected chi connectivity index (χ4v) is 15.0. The summed E-state index contributed by atoms with van der Waals surface area (Å²) in [4.78, 5) is 6.84. The predicted molar refractivity (Wildman–Crippen MR) is 228 cm³/mol. The van der Waals surface area contributed by atoms with Crippen LogP contribution in [0.15, 0.2) is 0 Å². The maximum atomic E-state index is 6.04. The van der Waals surface area contributed by atoms with E-state index in [0.29, 0.717) is 23.0 Å². The number of fused-ring (bicyclic) bond motifs is 2. The third kappa shape index (κ3) is 9.03. The molecule has 0 aromatic carbocycles. The standard InChI is InChI=1S/C50H90N2O2/c1-33-11-17-37(18-12-33)51(39-21-25-41(53-9)26-22-39)47-43-29-15-36(50(6,7)8)32-46(43)48(44-30-16-35(31-45(44)47)49(3,4)5)52(38-19-13-34(2)14-20-38)40-23-27-42(54-10)28-24-40/h33-48H,11-32H2,1-10H3. The van der Waals surface area contributed by atoms with Gasteiger partial charge in [-0.1, -0.05) is 55.4 Å². The number of ether oxygens (including phenoxy) is 2. The molecule has 0 aromatic rings. The zero-order valence-electron chi connectivity index (χ0n) is 37.5. The number of hydrogen-bond acceptors (Lipinski definition) is 4. The van der Waals surface area contributed by atoms with E-state index in [2.05, 4.69) is 65.2 Å². The fourth-order valence-electron chi connectivity index (χ4n) is 15.0. The van der Waals surface area contributed by atoms with Crippen molar-refractivity contribution >= 4 is 0 Å². The molecule has 0 heterocycles. The molecule has 0 amide bonds. The highest BCUT2D eigenvalue weighted by Gasteiger charge is 2.60. The van der Waals surface area contributed by atoms with E-state index in [1.54, 1.807) is 0 Å². The van der Waals surface area contributed by atoms with Crippen LogP contribution in [-0.4, -0.2) is 72.5 Å². The van der Waals surface area contributed by atoms with Gasteiger partial charge in [-0.05, 0) is 199 Å². The lowest BCUT2D eigenvalue weighted by atomic mass is 9.49. The molecule has 54 heavy (non-hydrogen) atoms. The Kier molecular flexibility index (Phi) is 13.7. The molecular formula is C50H90N2O2. The third-order valence-electron chi connectivity index (χ3n) is 18.4. The third-order valence-corrected chi connectivity index (χ3v) is 18.4. The zero-order valence-corrected chi connectivity index (χ0v) is 37.5. The smallest absolute Gasteiger partial charge is 0.0572 e. The summed E-state index contributed by atoms with van der Waals surface area (Å²) in [7, 11) is 3.95. The van der Waals surface area contributed by atoms with Crippen LogP contribution in [0.4, 0.5) is 0 Å². The number of hydrogen-bond donors (Lipinski definition) is 0. The van der Waals surface area contributed by atoms with Crippen LogP contribution < -0.4 is 0 Å². The topological polar surface area (TPSA) is 24.9 Å². The molecule has 7 saturated carbocycles. The molecule has 312 valence electrons. The Morgan fingerprint density at radius 1 is 0.370 bits per heavy atom. The number of methoxy groups -OCH3 is 2. The summed E-state index contributed by atoms with van der Waals surface area (Å²) in [5.74, 6) is 6.92. The first-order valence-corrected chi connectivity index (χ1v) is 24.4. The van der Waals surface area contributed by atoms with E-state index in [1.807, 2.05) is 14.2 Å². The molecule has 8 unspecified atom stereocenters. The molecule has 0 aliphatic heterocycles. The minimum atomic E-state index is 0.394. The lowest BCUT2D eigenvalue weighted by molar-refractivity contribution is -0.167. The zero-order chi connectivity index (χ0) is 38.4. The predicted octanol–water partition coefficient (Wildman–Crippen LogP) is 12.6. The fraction of sp³-hybridized carbons (Fsp3) is 1.00. The van der Waals surface area contributed by atoms with Crippen molar-refractivity contribution in [3.05, 3.63) is 0 Å². The van der Waals surface area contributed by atoms with Gasteiger partial charge in [0.15, 0.2) is 0 Å². The van der Waals surface area contributed by atoms with Gasteiger partial charge in [-0.3, -0.25) is 9.80 Å². The summed E-state index contributed by atoms with van der Waals surface area (Å²) in [5.41, 5.74) is 0.788. The lowest BCUT2D eigenvalue weighted by Gasteiger charge is -2.66. The maximum Gasteiger partial charge on any atom is 0.0572 e. The van der Waals surface area contributed by atoms with E-state index in [-0.39, 0.29) is 0 Å². The van der Waals surface area contributed by atoms with Crippen molar-refractivity contribution < 1.29 is 9.47 Å². The average molecular weight is 751 g/mol. The van der Waals surface area contributed by atoms with Gasteiger partial charge in [-0.2, -0.15) is 0 Å². The van der Waals surface area contributed by atoms with Crippen LogP contribution in [0.25, 0.3) is 0 Å².